The fourth-order valence-electron chi connectivity index (χ4n) is 1.91. The number of rotatable bonds is 4. The number of nitrogens with zero attached hydrogens (tertiary/aromatic N) is 2. The first kappa shape index (κ1) is 15.7. The van der Waals surface area contributed by atoms with Gasteiger partial charge in [-0.15, -0.1) is 10.2 Å². The third-order valence-electron chi connectivity index (χ3n) is 2.76. The highest BCUT2D eigenvalue weighted by Crippen LogP contribution is 2.36. The van der Waals surface area contributed by atoms with Crippen LogP contribution in [-0.4, -0.2) is 34.3 Å². The molecule has 0 aliphatic carbocycles. The Kier molecular flexibility index (Phi) is 4.16. The summed E-state index contributed by atoms with van der Waals surface area (Å²) < 4.78 is 21.3. The van der Waals surface area contributed by atoms with Crippen LogP contribution in [0.2, 0.25) is 0 Å². The molecule has 0 amide bonds. The molecule has 0 saturated carbocycles. The molecule has 1 aromatic carbocycles. The molecule has 0 fully saturated rings. The van der Waals surface area contributed by atoms with Crippen LogP contribution in [0.3, 0.4) is 0 Å². The topological polar surface area (TPSA) is 83.7 Å². The van der Waals surface area contributed by atoms with Crippen molar-refractivity contribution >= 4 is 17.7 Å². The summed E-state index contributed by atoms with van der Waals surface area (Å²) in [6, 6.07) is 5.37. The van der Waals surface area contributed by atoms with Crippen molar-refractivity contribution in [1.82, 2.24) is 10.2 Å². The van der Waals surface area contributed by atoms with Crippen molar-refractivity contribution in [3.8, 4) is 23.0 Å². The molecular formula is C15H16N2O5S. The van der Waals surface area contributed by atoms with Crippen molar-refractivity contribution in [1.29, 1.82) is 0 Å². The Bertz CT molecular complexity index is 723. The summed E-state index contributed by atoms with van der Waals surface area (Å²) in [7, 11) is 0. The first-order valence-electron chi connectivity index (χ1n) is 6.99. The summed E-state index contributed by atoms with van der Waals surface area (Å²) in [4.78, 5) is 11.7. The van der Waals surface area contributed by atoms with E-state index < -0.39 is 5.60 Å². The molecule has 2 heterocycles. The number of thioether (sulfide) groups is 1. The van der Waals surface area contributed by atoms with E-state index in [-0.39, 0.29) is 18.5 Å². The van der Waals surface area contributed by atoms with Gasteiger partial charge in [-0.2, -0.15) is 0 Å². The molecule has 0 unspecified atom stereocenters. The highest BCUT2D eigenvalue weighted by molar-refractivity contribution is 7.99. The maximum Gasteiger partial charge on any atom is 0.316 e. The monoisotopic (exact) mass is 336 g/mol. The molecular weight excluding hydrogens is 320 g/mol. The van der Waals surface area contributed by atoms with Crippen LogP contribution in [-0.2, 0) is 9.53 Å². The van der Waals surface area contributed by atoms with E-state index in [9.17, 15) is 4.79 Å². The van der Waals surface area contributed by atoms with Crippen molar-refractivity contribution in [2.24, 2.45) is 0 Å². The lowest BCUT2D eigenvalue weighted by Crippen LogP contribution is -2.24. The Balaban J connectivity index is 1.63. The van der Waals surface area contributed by atoms with E-state index >= 15 is 0 Å². The van der Waals surface area contributed by atoms with Gasteiger partial charge in [0.2, 0.25) is 12.7 Å². The predicted octanol–water partition coefficient (Wildman–Crippen LogP) is 2.90. The van der Waals surface area contributed by atoms with E-state index in [0.29, 0.717) is 22.6 Å². The highest BCUT2D eigenvalue weighted by atomic mass is 32.2. The van der Waals surface area contributed by atoms with Gasteiger partial charge in [-0.1, -0.05) is 11.8 Å². The molecule has 3 rings (SSSR count). The molecule has 23 heavy (non-hydrogen) atoms. The number of carbonyl (C=O) groups is 1. The molecule has 0 radical (unpaired) electrons. The van der Waals surface area contributed by atoms with Gasteiger partial charge in [-0.3, -0.25) is 4.79 Å². The van der Waals surface area contributed by atoms with Crippen molar-refractivity contribution in [2.45, 2.75) is 31.6 Å². The molecule has 1 aromatic heterocycles. The lowest BCUT2D eigenvalue weighted by Gasteiger charge is -2.18. The molecule has 8 heteroatoms. The van der Waals surface area contributed by atoms with Crippen molar-refractivity contribution in [3.63, 3.8) is 0 Å². The third kappa shape index (κ3) is 3.95. The number of fused-ring (bicyclic) bond motifs is 1. The average molecular weight is 336 g/mol. The molecule has 122 valence electrons. The Morgan fingerprint density at radius 3 is 2.83 bits per heavy atom. The minimum absolute atomic E-state index is 0.111. The standard InChI is InChI=1S/C15H16N2O5S/c1-15(2,3)22-12(18)7-23-14-17-16-13(21-14)9-4-5-10-11(6-9)20-8-19-10/h4-6H,7-8H2,1-3H3. The molecule has 1 aliphatic rings. The number of hydrogen-bond donors (Lipinski definition) is 0. The van der Waals surface area contributed by atoms with Crippen LogP contribution in [0.15, 0.2) is 27.8 Å². The zero-order chi connectivity index (χ0) is 16.4. The molecule has 0 spiro atoms. The average Bonchev–Trinajstić information content (AvgIpc) is 3.11. The summed E-state index contributed by atoms with van der Waals surface area (Å²) in [6.45, 7) is 5.67. The number of aromatic nitrogens is 2. The van der Waals surface area contributed by atoms with Gasteiger partial charge in [0.05, 0.1) is 0 Å². The van der Waals surface area contributed by atoms with Crippen molar-refractivity contribution in [3.05, 3.63) is 18.2 Å². The van der Waals surface area contributed by atoms with Crippen LogP contribution in [0.1, 0.15) is 20.8 Å². The van der Waals surface area contributed by atoms with Gasteiger partial charge in [0, 0.05) is 5.56 Å². The summed E-state index contributed by atoms with van der Waals surface area (Å²) in [5.41, 5.74) is 0.218. The van der Waals surface area contributed by atoms with Gasteiger partial charge >= 0.3 is 5.97 Å². The fourth-order valence-corrected chi connectivity index (χ4v) is 2.44. The van der Waals surface area contributed by atoms with Crippen LogP contribution in [0.25, 0.3) is 11.5 Å². The second-order valence-corrected chi connectivity index (χ2v) is 6.74. The van der Waals surface area contributed by atoms with Crippen molar-refractivity contribution in [2.75, 3.05) is 12.5 Å². The highest BCUT2D eigenvalue weighted by Gasteiger charge is 2.19. The molecule has 1 aliphatic heterocycles. The molecule has 0 saturated heterocycles. The maximum absolute atomic E-state index is 11.7. The maximum atomic E-state index is 11.7. The summed E-state index contributed by atoms with van der Waals surface area (Å²) in [5, 5.41) is 8.21. The first-order chi connectivity index (χ1) is 10.9. The van der Waals surface area contributed by atoms with E-state index in [1.165, 1.54) is 0 Å². The van der Waals surface area contributed by atoms with Crippen LogP contribution >= 0.6 is 11.8 Å². The quantitative estimate of drug-likeness (QED) is 0.622. The first-order valence-corrected chi connectivity index (χ1v) is 7.97. The Hall–Kier alpha value is -2.22. The zero-order valence-electron chi connectivity index (χ0n) is 13.0. The van der Waals surface area contributed by atoms with Gasteiger partial charge < -0.3 is 18.6 Å². The molecule has 7 nitrogen and oxygen atoms in total. The summed E-state index contributed by atoms with van der Waals surface area (Å²) in [6.07, 6.45) is 0. The number of hydrogen-bond acceptors (Lipinski definition) is 8. The van der Waals surface area contributed by atoms with Crippen LogP contribution < -0.4 is 9.47 Å². The SMILES string of the molecule is CC(C)(C)OC(=O)CSc1nnc(-c2ccc3c(c2)OCO3)o1. The molecule has 0 bridgehead atoms. The Morgan fingerprint density at radius 1 is 1.26 bits per heavy atom. The molecule has 2 aromatic rings. The van der Waals surface area contributed by atoms with Gasteiger partial charge in [-0.05, 0) is 39.0 Å². The minimum Gasteiger partial charge on any atom is -0.459 e. The van der Waals surface area contributed by atoms with Crippen LogP contribution in [0.4, 0.5) is 0 Å². The largest absolute Gasteiger partial charge is 0.459 e. The Labute approximate surface area is 137 Å². The Morgan fingerprint density at radius 2 is 2.04 bits per heavy atom. The number of carbonyl (C=O) groups excluding carboxylic acids is 1. The second kappa shape index (κ2) is 6.11. The van der Waals surface area contributed by atoms with Crippen LogP contribution in [0, 0.1) is 0 Å². The normalized spacial score (nSPS) is 13.2. The van der Waals surface area contributed by atoms with E-state index in [0.717, 1.165) is 17.3 Å². The van der Waals surface area contributed by atoms with Gasteiger partial charge in [0.1, 0.15) is 11.4 Å². The lowest BCUT2D eigenvalue weighted by atomic mass is 10.2. The van der Waals surface area contributed by atoms with Gasteiger partial charge in [0.25, 0.3) is 5.22 Å². The number of benzene rings is 1. The lowest BCUT2D eigenvalue weighted by molar-refractivity contribution is -0.151. The van der Waals surface area contributed by atoms with Crippen LogP contribution in [0.5, 0.6) is 11.5 Å². The summed E-state index contributed by atoms with van der Waals surface area (Å²) in [5.74, 6) is 1.47. The molecule has 0 N–H and O–H groups in total. The number of esters is 1. The predicted molar refractivity (Wildman–Crippen MR) is 82.4 cm³/mol. The fraction of sp³-hybridized carbons (Fsp3) is 0.400. The van der Waals surface area contributed by atoms with E-state index in [1.54, 1.807) is 12.1 Å². The smallest absolute Gasteiger partial charge is 0.316 e. The summed E-state index contributed by atoms with van der Waals surface area (Å²) >= 11 is 1.14. The van der Waals surface area contributed by atoms with E-state index in [2.05, 4.69) is 10.2 Å². The second-order valence-electron chi connectivity index (χ2n) is 5.82. The third-order valence-corrected chi connectivity index (χ3v) is 3.55. The van der Waals surface area contributed by atoms with Gasteiger partial charge in [0.15, 0.2) is 11.5 Å². The van der Waals surface area contributed by atoms with E-state index in [1.807, 2.05) is 26.8 Å². The number of ether oxygens (including phenoxy) is 3. The minimum atomic E-state index is -0.510. The zero-order valence-corrected chi connectivity index (χ0v) is 13.8. The van der Waals surface area contributed by atoms with E-state index in [4.69, 9.17) is 18.6 Å². The van der Waals surface area contributed by atoms with Crippen molar-refractivity contribution < 1.29 is 23.4 Å². The van der Waals surface area contributed by atoms with Gasteiger partial charge in [-0.25, -0.2) is 0 Å². The molecule has 0 atom stereocenters.